The molecule has 14 heteroatoms. The van der Waals surface area contributed by atoms with Crippen LogP contribution in [0.15, 0.2) is 35.7 Å². The fourth-order valence-corrected chi connectivity index (χ4v) is 5.37. The Morgan fingerprint density at radius 1 is 1.19 bits per heavy atom. The maximum absolute atomic E-state index is 15.3. The van der Waals surface area contributed by atoms with Gasteiger partial charge in [0, 0.05) is 57.4 Å². The highest BCUT2D eigenvalue weighted by atomic mass is 19.4. The molecule has 1 amide bonds. The van der Waals surface area contributed by atoms with Crippen LogP contribution in [-0.2, 0) is 6.42 Å². The van der Waals surface area contributed by atoms with Crippen molar-refractivity contribution in [2.75, 3.05) is 57.5 Å². The number of fused-ring (bicyclic) bond motifs is 1. The fraction of sp³-hybridized carbons (Fsp3) is 0.464. The smallest absolute Gasteiger partial charge is 0.416 e. The zero-order chi connectivity index (χ0) is 30.2. The number of halogens is 5. The third-order valence-corrected chi connectivity index (χ3v) is 7.60. The monoisotopic (exact) mass is 593 g/mol. The lowest BCUT2D eigenvalue weighted by molar-refractivity contribution is -0.0904. The largest absolute Gasteiger partial charge is 0.435 e. The van der Waals surface area contributed by atoms with E-state index in [1.165, 1.54) is 7.05 Å². The number of benzene rings is 1. The quantitative estimate of drug-likeness (QED) is 0.413. The van der Waals surface area contributed by atoms with Crippen LogP contribution in [0.25, 0.3) is 0 Å². The van der Waals surface area contributed by atoms with Gasteiger partial charge in [0.25, 0.3) is 5.91 Å². The second kappa shape index (κ2) is 11.8. The van der Waals surface area contributed by atoms with Gasteiger partial charge in [0.05, 0.1) is 17.3 Å². The topological polar surface area (TPSA) is 94.7 Å². The minimum absolute atomic E-state index is 0.0496. The molecular weight excluding hydrogens is 561 g/mol. The third kappa shape index (κ3) is 6.19. The summed E-state index contributed by atoms with van der Waals surface area (Å²) in [4.78, 5) is 25.0. The summed E-state index contributed by atoms with van der Waals surface area (Å²) in [5.74, 6) is -3.24. The number of hydrogen-bond acceptors (Lipinski definition) is 8. The van der Waals surface area contributed by atoms with Crippen molar-refractivity contribution in [3.8, 4) is 11.6 Å². The van der Waals surface area contributed by atoms with Crippen LogP contribution in [0.1, 0.15) is 29.3 Å². The van der Waals surface area contributed by atoms with Gasteiger partial charge in [-0.3, -0.25) is 9.69 Å². The van der Waals surface area contributed by atoms with Crippen molar-refractivity contribution in [2.24, 2.45) is 0 Å². The number of aromatic nitrogens is 2. The summed E-state index contributed by atoms with van der Waals surface area (Å²) in [7, 11) is 3.31. The number of anilines is 2. The number of carbonyl (C=O) groups is 1. The molecule has 1 aromatic carbocycles. The Balaban J connectivity index is 1.41. The van der Waals surface area contributed by atoms with Crippen LogP contribution in [0, 0.1) is 11.6 Å². The zero-order valence-corrected chi connectivity index (χ0v) is 23.4. The van der Waals surface area contributed by atoms with E-state index >= 15 is 4.39 Å². The summed E-state index contributed by atoms with van der Waals surface area (Å²) < 4.78 is 78.0. The summed E-state index contributed by atoms with van der Waals surface area (Å²) in [6, 6.07) is -0.198. The van der Waals surface area contributed by atoms with E-state index in [2.05, 4.69) is 30.8 Å². The average Bonchev–Trinajstić information content (AvgIpc) is 3.35. The molecule has 3 N–H and O–H groups in total. The Morgan fingerprint density at radius 3 is 2.62 bits per heavy atom. The van der Waals surface area contributed by atoms with Crippen molar-refractivity contribution < 1.29 is 31.5 Å². The van der Waals surface area contributed by atoms with Crippen molar-refractivity contribution in [1.82, 2.24) is 25.1 Å². The van der Waals surface area contributed by atoms with Crippen LogP contribution in [0.4, 0.5) is 33.5 Å². The van der Waals surface area contributed by atoms with Crippen molar-refractivity contribution in [3.05, 3.63) is 58.5 Å². The highest BCUT2D eigenvalue weighted by Crippen LogP contribution is 2.39. The van der Waals surface area contributed by atoms with Crippen LogP contribution in [0.2, 0.25) is 0 Å². The zero-order valence-electron chi connectivity index (χ0n) is 23.4. The van der Waals surface area contributed by atoms with Crippen molar-refractivity contribution in [2.45, 2.75) is 38.0 Å². The average molecular weight is 594 g/mol. The predicted octanol–water partition coefficient (Wildman–Crippen LogP) is 4.11. The second-order valence-corrected chi connectivity index (χ2v) is 10.7. The summed E-state index contributed by atoms with van der Waals surface area (Å²) in [5, 5.41) is 8.17. The number of nitrogens with one attached hydrogen (secondary N) is 3. The first-order valence-corrected chi connectivity index (χ1v) is 13.6. The van der Waals surface area contributed by atoms with Crippen molar-refractivity contribution >= 4 is 17.4 Å². The number of nitrogens with zero attached hydrogens (tertiary/aromatic N) is 4. The molecule has 1 aromatic heterocycles. The fourth-order valence-electron chi connectivity index (χ4n) is 5.37. The highest BCUT2D eigenvalue weighted by Gasteiger charge is 2.39. The SMILES string of the molecule is CNC(=O)c1c(NC2C=C(C(F)(F)F)C(CN3CCN(C)CC3)=CC2)ncnc1Oc1cc(F)c2c(c1F)CC(C)N2. The maximum Gasteiger partial charge on any atom is 0.416 e. The van der Waals surface area contributed by atoms with E-state index in [4.69, 9.17) is 4.74 Å². The van der Waals surface area contributed by atoms with Gasteiger partial charge in [-0.2, -0.15) is 13.2 Å². The molecule has 0 bridgehead atoms. The molecule has 226 valence electrons. The summed E-state index contributed by atoms with van der Waals surface area (Å²) in [6.45, 7) is 4.86. The molecule has 0 spiro atoms. The number of piperazine rings is 1. The predicted molar refractivity (Wildman–Crippen MR) is 147 cm³/mol. The van der Waals surface area contributed by atoms with Crippen molar-refractivity contribution in [1.29, 1.82) is 0 Å². The van der Waals surface area contributed by atoms with Gasteiger partial charge in [-0.05, 0) is 38.5 Å². The maximum atomic E-state index is 15.3. The molecule has 1 fully saturated rings. The van der Waals surface area contributed by atoms with Crippen LogP contribution >= 0.6 is 0 Å². The van der Waals surface area contributed by atoms with Crippen molar-refractivity contribution in [3.63, 3.8) is 0 Å². The molecule has 2 atom stereocenters. The summed E-state index contributed by atoms with van der Waals surface area (Å²) in [5.41, 5.74) is -0.663. The number of rotatable bonds is 7. The molecule has 3 aliphatic rings. The van der Waals surface area contributed by atoms with E-state index in [0.717, 1.165) is 31.6 Å². The highest BCUT2D eigenvalue weighted by molar-refractivity contribution is 6.01. The van der Waals surface area contributed by atoms with Gasteiger partial charge < -0.3 is 25.6 Å². The molecule has 5 rings (SSSR count). The molecule has 2 aromatic rings. The third-order valence-electron chi connectivity index (χ3n) is 7.60. The Hall–Kier alpha value is -3.78. The summed E-state index contributed by atoms with van der Waals surface area (Å²) >= 11 is 0. The van der Waals surface area contributed by atoms with E-state index in [1.807, 2.05) is 11.9 Å². The first-order valence-electron chi connectivity index (χ1n) is 13.6. The lowest BCUT2D eigenvalue weighted by atomic mass is 9.93. The molecule has 1 saturated heterocycles. The van der Waals surface area contributed by atoms with E-state index in [9.17, 15) is 22.4 Å². The Kier molecular flexibility index (Phi) is 8.37. The van der Waals surface area contributed by atoms with E-state index in [-0.39, 0.29) is 59.5 Å². The Bertz CT molecular complexity index is 1420. The number of hydrogen-bond donors (Lipinski definition) is 3. The molecule has 1 aliphatic carbocycles. The lowest BCUT2D eigenvalue weighted by Gasteiger charge is -2.34. The Labute approximate surface area is 239 Å². The normalized spacial score (nSPS) is 21.2. The standard InChI is InChI=1S/C28H32F5N7O2/c1-15-10-18-23(30)21(12-20(29)24(18)37-15)42-27-22(26(41)34-2)25(35-14-36-27)38-17-5-4-16(19(11-17)28(31,32)33)13-40-8-6-39(3)7-9-40/h4,11-12,14-15,17,37H,5-10,13H2,1-3H3,(H,34,41)(H,35,36,38). The second-order valence-electron chi connectivity index (χ2n) is 10.7. The minimum Gasteiger partial charge on any atom is -0.435 e. The number of amides is 1. The van der Waals surface area contributed by atoms with Crippen LogP contribution in [0.5, 0.6) is 11.6 Å². The van der Waals surface area contributed by atoms with Crippen LogP contribution in [0.3, 0.4) is 0 Å². The molecule has 0 saturated carbocycles. The molecule has 9 nitrogen and oxygen atoms in total. The van der Waals surface area contributed by atoms with Gasteiger partial charge in [0.2, 0.25) is 5.88 Å². The number of ether oxygens (including phenoxy) is 1. The van der Waals surface area contributed by atoms with E-state index < -0.39 is 41.1 Å². The molecule has 2 aliphatic heterocycles. The Morgan fingerprint density at radius 2 is 1.93 bits per heavy atom. The molecule has 2 unspecified atom stereocenters. The van der Waals surface area contributed by atoms with Gasteiger partial charge in [-0.15, -0.1) is 0 Å². The van der Waals surface area contributed by atoms with E-state index in [0.29, 0.717) is 13.1 Å². The first-order chi connectivity index (χ1) is 19.9. The van der Waals surface area contributed by atoms with Gasteiger partial charge in [0.1, 0.15) is 17.7 Å². The van der Waals surface area contributed by atoms with Gasteiger partial charge in [-0.1, -0.05) is 6.08 Å². The number of likely N-dealkylation sites (N-methyl/N-ethyl adjacent to an activating group) is 1. The molecule has 0 radical (unpaired) electrons. The first kappa shape index (κ1) is 29.7. The van der Waals surface area contributed by atoms with E-state index in [1.54, 1.807) is 13.0 Å². The number of carbonyl (C=O) groups excluding carboxylic acids is 1. The lowest BCUT2D eigenvalue weighted by Crippen LogP contribution is -2.45. The molecular formula is C28H32F5N7O2. The van der Waals surface area contributed by atoms with Gasteiger partial charge in [-0.25, -0.2) is 18.7 Å². The molecule has 3 heterocycles. The molecule has 42 heavy (non-hydrogen) atoms. The van der Waals surface area contributed by atoms with Crippen LogP contribution < -0.4 is 20.7 Å². The summed E-state index contributed by atoms with van der Waals surface area (Å²) in [6.07, 6.45) is -0.495. The van der Waals surface area contributed by atoms with Crippen LogP contribution in [-0.4, -0.2) is 90.8 Å². The van der Waals surface area contributed by atoms with Gasteiger partial charge >= 0.3 is 6.18 Å². The van der Waals surface area contributed by atoms with Gasteiger partial charge in [0.15, 0.2) is 17.4 Å². The minimum atomic E-state index is -4.59. The number of alkyl halides is 3.